The van der Waals surface area contributed by atoms with Crippen molar-refractivity contribution in [1.29, 1.82) is 0 Å². The van der Waals surface area contributed by atoms with Gasteiger partial charge in [0, 0.05) is 22.7 Å². The van der Waals surface area contributed by atoms with Crippen molar-refractivity contribution >= 4 is 72.4 Å². The summed E-state index contributed by atoms with van der Waals surface area (Å²) in [6.45, 7) is 0. The molecule has 0 heterocycles. The van der Waals surface area contributed by atoms with Gasteiger partial charge >= 0.3 is 0 Å². The van der Waals surface area contributed by atoms with Crippen LogP contribution in [0.4, 0.5) is 22.7 Å². The Morgan fingerprint density at radius 3 is 1.17 bits per heavy atom. The normalized spacial score (nSPS) is 8.83. The quantitative estimate of drug-likeness (QED) is 0.432. The van der Waals surface area contributed by atoms with Gasteiger partial charge in [0.25, 0.3) is 0 Å². The third-order valence-corrected chi connectivity index (χ3v) is 3.48. The lowest BCUT2D eigenvalue weighted by atomic mass is 10.0. The van der Waals surface area contributed by atoms with E-state index >= 15 is 0 Å². The van der Waals surface area contributed by atoms with Gasteiger partial charge in [-0.25, -0.2) is 0 Å². The van der Waals surface area contributed by atoms with Crippen molar-refractivity contribution in [2.75, 3.05) is 22.9 Å². The standard InChI is InChI=1S/C16H22N4.4ClH/c17-13-7-5-11(15(19)9-13)3-1-2-4-12-6-8-14(18)10-16(12)20;;;;/h5-10H,1-4,17-20H2;4*1H. The Balaban J connectivity index is -0.00000110. The van der Waals surface area contributed by atoms with E-state index in [1.807, 2.05) is 36.4 Å². The Bertz CT molecular complexity index is 555. The molecule has 0 aliphatic heterocycles. The van der Waals surface area contributed by atoms with Gasteiger partial charge in [-0.15, -0.1) is 49.6 Å². The Hall–Kier alpha value is -1.20. The van der Waals surface area contributed by atoms with E-state index in [4.69, 9.17) is 22.9 Å². The minimum Gasteiger partial charge on any atom is -0.399 e. The lowest BCUT2D eigenvalue weighted by Crippen LogP contribution is -1.99. The fourth-order valence-corrected chi connectivity index (χ4v) is 2.31. The van der Waals surface area contributed by atoms with E-state index in [-0.39, 0.29) is 49.6 Å². The molecule has 0 saturated carbocycles. The van der Waals surface area contributed by atoms with Gasteiger partial charge in [-0.1, -0.05) is 12.1 Å². The van der Waals surface area contributed by atoms with Crippen LogP contribution in [0.5, 0.6) is 0 Å². The molecule has 0 aromatic heterocycles. The van der Waals surface area contributed by atoms with Crippen molar-refractivity contribution in [3.05, 3.63) is 47.5 Å². The second-order valence-corrected chi connectivity index (χ2v) is 5.12. The summed E-state index contributed by atoms with van der Waals surface area (Å²) in [6.07, 6.45) is 4.05. The van der Waals surface area contributed by atoms with Gasteiger partial charge in [-0.05, 0) is 61.1 Å². The number of benzene rings is 2. The molecule has 0 aliphatic carbocycles. The molecule has 0 radical (unpaired) electrons. The summed E-state index contributed by atoms with van der Waals surface area (Å²) in [5, 5.41) is 0. The molecule has 138 valence electrons. The molecule has 0 aliphatic rings. The van der Waals surface area contributed by atoms with E-state index in [9.17, 15) is 0 Å². The summed E-state index contributed by atoms with van der Waals surface area (Å²) < 4.78 is 0. The van der Waals surface area contributed by atoms with E-state index < -0.39 is 0 Å². The number of nitrogen functional groups attached to an aromatic ring is 4. The van der Waals surface area contributed by atoms with Gasteiger partial charge in [0.2, 0.25) is 0 Å². The van der Waals surface area contributed by atoms with Gasteiger partial charge in [0.1, 0.15) is 0 Å². The van der Waals surface area contributed by atoms with Crippen LogP contribution in [0.25, 0.3) is 0 Å². The predicted molar refractivity (Wildman–Crippen MR) is 116 cm³/mol. The maximum Gasteiger partial charge on any atom is 0.0367 e. The number of rotatable bonds is 5. The molecule has 0 bridgehead atoms. The van der Waals surface area contributed by atoms with E-state index in [1.54, 1.807) is 0 Å². The predicted octanol–water partition coefficient (Wildman–Crippen LogP) is 4.27. The van der Waals surface area contributed by atoms with Crippen LogP contribution in [-0.4, -0.2) is 0 Å². The fraction of sp³-hybridized carbons (Fsp3) is 0.250. The van der Waals surface area contributed by atoms with Crippen LogP contribution in [-0.2, 0) is 12.8 Å². The minimum absolute atomic E-state index is 0. The summed E-state index contributed by atoms with van der Waals surface area (Å²) in [6, 6.07) is 11.4. The second kappa shape index (κ2) is 13.1. The number of hydrogen-bond acceptors (Lipinski definition) is 4. The van der Waals surface area contributed by atoms with Gasteiger partial charge in [-0.3, -0.25) is 0 Å². The van der Waals surface area contributed by atoms with Crippen LogP contribution in [0.3, 0.4) is 0 Å². The highest BCUT2D eigenvalue weighted by Crippen LogP contribution is 2.20. The van der Waals surface area contributed by atoms with E-state index in [1.165, 1.54) is 0 Å². The van der Waals surface area contributed by atoms with Crippen molar-refractivity contribution < 1.29 is 0 Å². The van der Waals surface area contributed by atoms with Gasteiger partial charge in [0.05, 0.1) is 0 Å². The van der Waals surface area contributed by atoms with Gasteiger partial charge in [0.15, 0.2) is 0 Å². The lowest BCUT2D eigenvalue weighted by Gasteiger charge is -2.08. The molecule has 4 nitrogen and oxygen atoms in total. The van der Waals surface area contributed by atoms with Crippen LogP contribution >= 0.6 is 49.6 Å². The summed E-state index contributed by atoms with van der Waals surface area (Å²) in [5.74, 6) is 0. The molecule has 8 heteroatoms. The van der Waals surface area contributed by atoms with Crippen molar-refractivity contribution in [3.8, 4) is 0 Å². The first-order valence-corrected chi connectivity index (χ1v) is 6.84. The molecular weight excluding hydrogens is 390 g/mol. The van der Waals surface area contributed by atoms with E-state index in [0.717, 1.165) is 48.2 Å². The molecule has 0 spiro atoms. The van der Waals surface area contributed by atoms with Crippen molar-refractivity contribution in [3.63, 3.8) is 0 Å². The number of aryl methyl sites for hydroxylation is 2. The maximum atomic E-state index is 5.94. The molecule has 0 saturated heterocycles. The molecule has 24 heavy (non-hydrogen) atoms. The topological polar surface area (TPSA) is 104 Å². The lowest BCUT2D eigenvalue weighted by molar-refractivity contribution is 0.736. The molecular formula is C16H26Cl4N4. The first-order valence-electron chi connectivity index (χ1n) is 6.84. The van der Waals surface area contributed by atoms with E-state index in [0.29, 0.717) is 11.4 Å². The zero-order valence-corrected chi connectivity index (χ0v) is 16.5. The number of nitrogens with two attached hydrogens (primary N) is 4. The summed E-state index contributed by atoms with van der Waals surface area (Å²) in [5.41, 5.74) is 28.5. The third-order valence-electron chi connectivity index (χ3n) is 3.48. The highest BCUT2D eigenvalue weighted by Gasteiger charge is 2.02. The average molecular weight is 416 g/mol. The molecule has 8 N–H and O–H groups in total. The SMILES string of the molecule is Cl.Cl.Cl.Cl.Nc1ccc(CCCCc2ccc(N)cc2N)c(N)c1. The smallest absolute Gasteiger partial charge is 0.0367 e. The summed E-state index contributed by atoms with van der Waals surface area (Å²) in [7, 11) is 0. The zero-order chi connectivity index (χ0) is 14.5. The number of unbranched alkanes of at least 4 members (excludes halogenated alkanes) is 1. The van der Waals surface area contributed by atoms with Crippen molar-refractivity contribution in [2.45, 2.75) is 25.7 Å². The fourth-order valence-electron chi connectivity index (χ4n) is 2.31. The maximum absolute atomic E-state index is 5.94. The largest absolute Gasteiger partial charge is 0.399 e. The summed E-state index contributed by atoms with van der Waals surface area (Å²) in [4.78, 5) is 0. The highest BCUT2D eigenvalue weighted by atomic mass is 35.5. The Morgan fingerprint density at radius 1 is 0.542 bits per heavy atom. The molecule has 2 aromatic carbocycles. The molecule has 2 rings (SSSR count). The number of anilines is 4. The van der Waals surface area contributed by atoms with Crippen LogP contribution < -0.4 is 22.9 Å². The molecule has 2 aromatic rings. The molecule has 0 fully saturated rings. The minimum atomic E-state index is 0. The average Bonchev–Trinajstić information content (AvgIpc) is 2.39. The first kappa shape index (κ1) is 27.6. The number of hydrogen-bond donors (Lipinski definition) is 4. The van der Waals surface area contributed by atoms with Crippen LogP contribution in [0, 0.1) is 0 Å². The van der Waals surface area contributed by atoms with Crippen molar-refractivity contribution in [2.24, 2.45) is 0 Å². The first-order chi connectivity index (χ1) is 9.56. The molecule has 0 atom stereocenters. The monoisotopic (exact) mass is 414 g/mol. The van der Waals surface area contributed by atoms with Gasteiger partial charge < -0.3 is 22.9 Å². The Kier molecular flexibility index (Phi) is 15.1. The van der Waals surface area contributed by atoms with Gasteiger partial charge in [-0.2, -0.15) is 0 Å². The van der Waals surface area contributed by atoms with Crippen LogP contribution in [0.1, 0.15) is 24.0 Å². The Labute approximate surface area is 168 Å². The molecule has 0 amide bonds. The zero-order valence-electron chi connectivity index (χ0n) is 13.2. The van der Waals surface area contributed by atoms with E-state index in [2.05, 4.69) is 0 Å². The van der Waals surface area contributed by atoms with Crippen LogP contribution in [0.15, 0.2) is 36.4 Å². The third kappa shape index (κ3) is 8.06. The van der Waals surface area contributed by atoms with Crippen LogP contribution in [0.2, 0.25) is 0 Å². The highest BCUT2D eigenvalue weighted by molar-refractivity contribution is 5.86. The Morgan fingerprint density at radius 2 is 0.875 bits per heavy atom. The second-order valence-electron chi connectivity index (χ2n) is 5.12. The van der Waals surface area contributed by atoms with Crippen molar-refractivity contribution in [1.82, 2.24) is 0 Å². The molecule has 0 unspecified atom stereocenters. The summed E-state index contributed by atoms with van der Waals surface area (Å²) >= 11 is 0. The number of halogens is 4.